The van der Waals surface area contributed by atoms with Gasteiger partial charge in [0.05, 0.1) is 6.61 Å². The number of carbonyl (C=O) groups is 1. The van der Waals surface area contributed by atoms with E-state index < -0.39 is 0 Å². The molecule has 0 fully saturated rings. The predicted octanol–water partition coefficient (Wildman–Crippen LogP) is 1.58. The van der Waals surface area contributed by atoms with E-state index in [0.29, 0.717) is 13.2 Å². The molecule has 1 heterocycles. The zero-order valence-electron chi connectivity index (χ0n) is 8.79. The number of ether oxygens (including phenoxy) is 1. The van der Waals surface area contributed by atoms with E-state index >= 15 is 0 Å². The Balaban J connectivity index is 1.95. The molecule has 4 nitrogen and oxygen atoms in total. The molecular weight excluding hydrogens is 212 g/mol. The molecule has 0 aromatic carbocycles. The van der Waals surface area contributed by atoms with Gasteiger partial charge in [-0.3, -0.25) is 0 Å². The molecule has 0 atom stereocenters. The number of hydrogen-bond acceptors (Lipinski definition) is 4. The van der Waals surface area contributed by atoms with Crippen LogP contribution in [0.15, 0.2) is 17.5 Å². The van der Waals surface area contributed by atoms with Gasteiger partial charge in [0.25, 0.3) is 0 Å². The molecule has 0 aliphatic carbocycles. The largest absolute Gasteiger partial charge is 0.450 e. The van der Waals surface area contributed by atoms with E-state index in [1.165, 1.54) is 4.88 Å². The predicted molar refractivity (Wildman–Crippen MR) is 61.1 cm³/mol. The fourth-order valence-electron chi connectivity index (χ4n) is 1.06. The van der Waals surface area contributed by atoms with E-state index in [4.69, 9.17) is 4.74 Å². The smallest absolute Gasteiger partial charge is 0.407 e. The summed E-state index contributed by atoms with van der Waals surface area (Å²) in [7, 11) is 0. The molecule has 2 N–H and O–H groups in total. The van der Waals surface area contributed by atoms with Crippen molar-refractivity contribution < 1.29 is 9.53 Å². The molecule has 15 heavy (non-hydrogen) atoms. The van der Waals surface area contributed by atoms with Gasteiger partial charge in [-0.25, -0.2) is 4.79 Å². The van der Waals surface area contributed by atoms with Crippen LogP contribution in [0.4, 0.5) is 4.79 Å². The summed E-state index contributed by atoms with van der Waals surface area (Å²) < 4.78 is 4.72. The summed E-state index contributed by atoms with van der Waals surface area (Å²) in [5.41, 5.74) is 0. The third-order valence-corrected chi connectivity index (χ3v) is 2.60. The van der Waals surface area contributed by atoms with Gasteiger partial charge in [0.2, 0.25) is 0 Å². The Morgan fingerprint density at radius 2 is 2.40 bits per heavy atom. The van der Waals surface area contributed by atoms with Gasteiger partial charge < -0.3 is 15.4 Å². The molecule has 0 spiro atoms. The maximum atomic E-state index is 10.9. The van der Waals surface area contributed by atoms with Gasteiger partial charge in [0, 0.05) is 24.5 Å². The summed E-state index contributed by atoms with van der Waals surface area (Å²) in [5, 5.41) is 7.92. The number of thiophene rings is 1. The molecule has 1 amide bonds. The molecule has 0 aliphatic rings. The average Bonchev–Trinajstić information content (AvgIpc) is 2.70. The lowest BCUT2D eigenvalue weighted by Crippen LogP contribution is -2.31. The van der Waals surface area contributed by atoms with Crippen molar-refractivity contribution in [3.63, 3.8) is 0 Å². The Hall–Kier alpha value is -1.07. The maximum Gasteiger partial charge on any atom is 0.407 e. The van der Waals surface area contributed by atoms with Crippen molar-refractivity contribution in [2.75, 3.05) is 19.7 Å². The maximum absolute atomic E-state index is 10.9. The fourth-order valence-corrected chi connectivity index (χ4v) is 1.73. The zero-order valence-corrected chi connectivity index (χ0v) is 9.60. The molecule has 5 heteroatoms. The Labute approximate surface area is 93.6 Å². The normalized spacial score (nSPS) is 9.93. The van der Waals surface area contributed by atoms with Gasteiger partial charge in [-0.15, -0.1) is 11.3 Å². The molecule has 0 saturated carbocycles. The first kappa shape index (κ1) is 12.0. The summed E-state index contributed by atoms with van der Waals surface area (Å²) in [6, 6.07) is 4.11. The number of hydrogen-bond donors (Lipinski definition) is 2. The van der Waals surface area contributed by atoms with Crippen molar-refractivity contribution in [3.8, 4) is 0 Å². The standard InChI is InChI=1S/C10H16N2O2S/c1-2-14-10(13)12-6-5-11-8-9-4-3-7-15-9/h3-4,7,11H,2,5-6,8H2,1H3,(H,12,13). The summed E-state index contributed by atoms with van der Waals surface area (Å²) in [5.74, 6) is 0. The minimum Gasteiger partial charge on any atom is -0.450 e. The molecule has 0 radical (unpaired) electrons. The fraction of sp³-hybridized carbons (Fsp3) is 0.500. The van der Waals surface area contributed by atoms with Crippen LogP contribution in [0.1, 0.15) is 11.8 Å². The van der Waals surface area contributed by atoms with Crippen LogP contribution in [-0.2, 0) is 11.3 Å². The molecule has 1 aromatic heterocycles. The minimum atomic E-state index is -0.351. The molecule has 0 unspecified atom stereocenters. The number of alkyl carbamates (subject to hydrolysis) is 1. The van der Waals surface area contributed by atoms with Crippen LogP contribution in [0.2, 0.25) is 0 Å². The van der Waals surface area contributed by atoms with Gasteiger partial charge in [-0.1, -0.05) is 6.07 Å². The zero-order chi connectivity index (χ0) is 10.9. The molecule has 0 saturated heterocycles. The van der Waals surface area contributed by atoms with Crippen molar-refractivity contribution >= 4 is 17.4 Å². The number of amides is 1. The molecule has 1 aromatic rings. The SMILES string of the molecule is CCOC(=O)NCCNCc1cccs1. The van der Waals surface area contributed by atoms with E-state index in [1.807, 2.05) is 11.4 Å². The van der Waals surface area contributed by atoms with E-state index in [-0.39, 0.29) is 6.09 Å². The number of carbonyl (C=O) groups excluding carboxylic acids is 1. The second kappa shape index (κ2) is 7.25. The van der Waals surface area contributed by atoms with Crippen LogP contribution in [0.3, 0.4) is 0 Å². The van der Waals surface area contributed by atoms with Gasteiger partial charge in [0.15, 0.2) is 0 Å². The Morgan fingerprint density at radius 3 is 3.07 bits per heavy atom. The highest BCUT2D eigenvalue weighted by Gasteiger charge is 1.97. The molecular formula is C10H16N2O2S. The van der Waals surface area contributed by atoms with Crippen LogP contribution in [-0.4, -0.2) is 25.8 Å². The number of nitrogens with one attached hydrogen (secondary N) is 2. The van der Waals surface area contributed by atoms with Crippen LogP contribution < -0.4 is 10.6 Å². The topological polar surface area (TPSA) is 50.4 Å². The highest BCUT2D eigenvalue weighted by atomic mass is 32.1. The van der Waals surface area contributed by atoms with E-state index in [1.54, 1.807) is 18.3 Å². The Bertz CT molecular complexity index is 275. The third-order valence-electron chi connectivity index (χ3n) is 1.73. The first-order valence-corrected chi connectivity index (χ1v) is 5.84. The molecule has 0 bridgehead atoms. The van der Waals surface area contributed by atoms with E-state index in [0.717, 1.165) is 13.1 Å². The van der Waals surface area contributed by atoms with Gasteiger partial charge >= 0.3 is 6.09 Å². The van der Waals surface area contributed by atoms with Crippen LogP contribution in [0.25, 0.3) is 0 Å². The van der Waals surface area contributed by atoms with Crippen molar-refractivity contribution in [2.24, 2.45) is 0 Å². The van der Waals surface area contributed by atoms with E-state index in [2.05, 4.69) is 16.7 Å². The Morgan fingerprint density at radius 1 is 1.53 bits per heavy atom. The third kappa shape index (κ3) is 5.39. The quantitative estimate of drug-likeness (QED) is 0.727. The molecule has 84 valence electrons. The van der Waals surface area contributed by atoms with Crippen LogP contribution in [0.5, 0.6) is 0 Å². The van der Waals surface area contributed by atoms with Gasteiger partial charge in [-0.2, -0.15) is 0 Å². The Kier molecular flexibility index (Phi) is 5.80. The van der Waals surface area contributed by atoms with Gasteiger partial charge in [0.1, 0.15) is 0 Å². The molecule has 0 aliphatic heterocycles. The second-order valence-corrected chi connectivity index (χ2v) is 3.94. The number of rotatable bonds is 6. The second-order valence-electron chi connectivity index (χ2n) is 2.90. The van der Waals surface area contributed by atoms with Gasteiger partial charge in [-0.05, 0) is 18.4 Å². The van der Waals surface area contributed by atoms with Crippen LogP contribution in [0, 0.1) is 0 Å². The first-order valence-electron chi connectivity index (χ1n) is 4.96. The summed E-state index contributed by atoms with van der Waals surface area (Å²) in [4.78, 5) is 12.2. The van der Waals surface area contributed by atoms with Crippen LogP contribution >= 0.6 is 11.3 Å². The summed E-state index contributed by atoms with van der Waals surface area (Å²) in [6.45, 7) is 4.38. The highest BCUT2D eigenvalue weighted by molar-refractivity contribution is 7.09. The van der Waals surface area contributed by atoms with Crippen molar-refractivity contribution in [1.29, 1.82) is 0 Å². The first-order chi connectivity index (χ1) is 7.33. The monoisotopic (exact) mass is 228 g/mol. The van der Waals surface area contributed by atoms with Crippen molar-refractivity contribution in [2.45, 2.75) is 13.5 Å². The lowest BCUT2D eigenvalue weighted by atomic mass is 10.4. The summed E-state index contributed by atoms with van der Waals surface area (Å²) in [6.07, 6.45) is -0.351. The highest BCUT2D eigenvalue weighted by Crippen LogP contribution is 2.06. The molecule has 1 rings (SSSR count). The lowest BCUT2D eigenvalue weighted by Gasteiger charge is -2.05. The van der Waals surface area contributed by atoms with E-state index in [9.17, 15) is 4.79 Å². The van der Waals surface area contributed by atoms with Crippen molar-refractivity contribution in [3.05, 3.63) is 22.4 Å². The average molecular weight is 228 g/mol. The summed E-state index contributed by atoms with van der Waals surface area (Å²) >= 11 is 1.72. The van der Waals surface area contributed by atoms with Crippen molar-refractivity contribution in [1.82, 2.24) is 10.6 Å². The minimum absolute atomic E-state index is 0.351. The lowest BCUT2D eigenvalue weighted by molar-refractivity contribution is 0.152.